The second-order valence-corrected chi connectivity index (χ2v) is 5.93. The van der Waals surface area contributed by atoms with Crippen molar-refractivity contribution in [1.29, 1.82) is 5.26 Å². The average molecular weight is 292 g/mol. The van der Waals surface area contributed by atoms with E-state index in [2.05, 4.69) is 25.6 Å². The average Bonchev–Trinajstić information content (AvgIpc) is 2.56. The molecule has 0 amide bonds. The molecule has 1 aromatic carbocycles. The van der Waals surface area contributed by atoms with Crippen molar-refractivity contribution < 1.29 is 0 Å². The molecule has 114 valence electrons. The summed E-state index contributed by atoms with van der Waals surface area (Å²) < 4.78 is 0. The van der Waals surface area contributed by atoms with Crippen LogP contribution in [0.25, 0.3) is 5.57 Å². The quantitative estimate of drug-likeness (QED) is 0.467. The normalized spacial score (nSPS) is 17.5. The number of nitriles is 1. The number of allylic oxidation sites excluding steroid dienone is 5. The third-order valence-corrected chi connectivity index (χ3v) is 4.44. The summed E-state index contributed by atoms with van der Waals surface area (Å²) >= 11 is 0. The predicted molar refractivity (Wildman–Crippen MR) is 93.9 cm³/mol. The molecule has 0 aliphatic heterocycles. The Morgan fingerprint density at radius 2 is 1.95 bits per heavy atom. The predicted octanol–water partition coefficient (Wildman–Crippen LogP) is 5.26. The Balaban J connectivity index is 2.44. The highest BCUT2D eigenvalue weighted by Gasteiger charge is 2.19. The van der Waals surface area contributed by atoms with Gasteiger partial charge >= 0.3 is 0 Å². The van der Waals surface area contributed by atoms with E-state index in [1.807, 2.05) is 24.3 Å². The number of rotatable bonds is 4. The van der Waals surface area contributed by atoms with Gasteiger partial charge in [-0.25, -0.2) is 0 Å². The molecular formula is C20H24N2. The molecule has 2 heteroatoms. The van der Waals surface area contributed by atoms with Crippen LogP contribution in [0.3, 0.4) is 0 Å². The molecule has 0 spiro atoms. The zero-order chi connectivity index (χ0) is 15.9. The number of para-hydroxylation sites is 1. The molecule has 22 heavy (non-hydrogen) atoms. The third kappa shape index (κ3) is 3.68. The molecule has 0 unspecified atom stereocenters. The molecule has 1 fully saturated rings. The highest BCUT2D eigenvalue weighted by atomic mass is 14.6. The summed E-state index contributed by atoms with van der Waals surface area (Å²) in [5.41, 5.74) is 10.8. The van der Waals surface area contributed by atoms with E-state index in [-0.39, 0.29) is 0 Å². The van der Waals surface area contributed by atoms with Crippen LogP contribution in [0.2, 0.25) is 0 Å². The summed E-state index contributed by atoms with van der Waals surface area (Å²) in [4.78, 5) is 0. The number of benzene rings is 1. The lowest BCUT2D eigenvalue weighted by atomic mass is 9.80. The summed E-state index contributed by atoms with van der Waals surface area (Å²) in [6.45, 7) is 5.87. The minimum absolute atomic E-state index is 0.460. The SMILES string of the molecule is C=C/C(C#N)=C(\C=C(/C)c1ccccc1N)C1CCCCC1. The lowest BCUT2D eigenvalue weighted by molar-refractivity contribution is 0.407. The summed E-state index contributed by atoms with van der Waals surface area (Å²) in [5, 5.41) is 9.43. The standard InChI is InChI=1S/C20H24N2/c1-3-16(14-21)19(17-9-5-4-6-10-17)13-15(2)18-11-7-8-12-20(18)22/h3,7-8,11-13,17H,1,4-6,9-10,22H2,2H3/b15-13+,19-16-. The Bertz CT molecular complexity index is 638. The highest BCUT2D eigenvalue weighted by molar-refractivity contribution is 5.76. The van der Waals surface area contributed by atoms with Gasteiger partial charge < -0.3 is 5.73 Å². The van der Waals surface area contributed by atoms with E-state index in [1.54, 1.807) is 6.08 Å². The molecule has 2 nitrogen and oxygen atoms in total. The Kier molecular flexibility index (Phi) is 5.61. The molecule has 1 aliphatic carbocycles. The van der Waals surface area contributed by atoms with Gasteiger partial charge in [0.25, 0.3) is 0 Å². The zero-order valence-corrected chi connectivity index (χ0v) is 13.3. The van der Waals surface area contributed by atoms with Crippen LogP contribution in [0, 0.1) is 17.2 Å². The fourth-order valence-corrected chi connectivity index (χ4v) is 3.22. The second kappa shape index (κ2) is 7.66. The first-order valence-corrected chi connectivity index (χ1v) is 7.97. The lowest BCUT2D eigenvalue weighted by Gasteiger charge is -2.24. The van der Waals surface area contributed by atoms with Gasteiger partial charge in [0.15, 0.2) is 0 Å². The topological polar surface area (TPSA) is 49.8 Å². The van der Waals surface area contributed by atoms with Crippen molar-refractivity contribution >= 4 is 11.3 Å². The minimum Gasteiger partial charge on any atom is -0.398 e. The van der Waals surface area contributed by atoms with E-state index in [4.69, 9.17) is 5.73 Å². The number of nitrogens with two attached hydrogens (primary N) is 1. The highest BCUT2D eigenvalue weighted by Crippen LogP contribution is 2.34. The summed E-state index contributed by atoms with van der Waals surface area (Å²) in [6.07, 6.45) is 9.91. The maximum Gasteiger partial charge on any atom is 0.0994 e. The largest absolute Gasteiger partial charge is 0.398 e. The smallest absolute Gasteiger partial charge is 0.0994 e. The van der Waals surface area contributed by atoms with E-state index in [9.17, 15) is 5.26 Å². The molecule has 0 atom stereocenters. The maximum absolute atomic E-state index is 9.43. The molecule has 0 bridgehead atoms. The van der Waals surface area contributed by atoms with Gasteiger partial charge in [0.1, 0.15) is 0 Å². The van der Waals surface area contributed by atoms with Crippen LogP contribution in [-0.4, -0.2) is 0 Å². The Morgan fingerprint density at radius 1 is 1.27 bits per heavy atom. The van der Waals surface area contributed by atoms with Crippen LogP contribution in [0.5, 0.6) is 0 Å². The van der Waals surface area contributed by atoms with E-state index < -0.39 is 0 Å². The number of hydrogen-bond acceptors (Lipinski definition) is 2. The van der Waals surface area contributed by atoms with Crippen LogP contribution in [0.1, 0.15) is 44.6 Å². The Hall–Kier alpha value is -2.27. The number of hydrogen-bond donors (Lipinski definition) is 1. The molecule has 0 saturated heterocycles. The van der Waals surface area contributed by atoms with Gasteiger partial charge in [-0.2, -0.15) is 5.26 Å². The number of nitrogens with zero attached hydrogens (tertiary/aromatic N) is 1. The molecule has 2 N–H and O–H groups in total. The minimum atomic E-state index is 0.460. The second-order valence-electron chi connectivity index (χ2n) is 5.93. The maximum atomic E-state index is 9.43. The monoisotopic (exact) mass is 292 g/mol. The molecule has 2 rings (SSSR count). The van der Waals surface area contributed by atoms with Crippen molar-refractivity contribution in [3.05, 3.63) is 59.7 Å². The molecular weight excluding hydrogens is 268 g/mol. The third-order valence-electron chi connectivity index (χ3n) is 4.44. The first-order chi connectivity index (χ1) is 10.7. The number of nitrogen functional groups attached to an aromatic ring is 1. The zero-order valence-electron chi connectivity index (χ0n) is 13.3. The van der Waals surface area contributed by atoms with Gasteiger partial charge in [-0.05, 0) is 42.9 Å². The van der Waals surface area contributed by atoms with E-state index in [0.717, 1.165) is 35.2 Å². The molecule has 0 heterocycles. The Morgan fingerprint density at radius 3 is 2.55 bits per heavy atom. The van der Waals surface area contributed by atoms with Gasteiger partial charge in [0, 0.05) is 11.3 Å². The number of anilines is 1. The molecule has 0 radical (unpaired) electrons. The van der Waals surface area contributed by atoms with Crippen LogP contribution in [-0.2, 0) is 0 Å². The Labute approximate surface area is 133 Å². The van der Waals surface area contributed by atoms with Gasteiger partial charge in [-0.3, -0.25) is 0 Å². The van der Waals surface area contributed by atoms with Gasteiger partial charge in [0.2, 0.25) is 0 Å². The van der Waals surface area contributed by atoms with Crippen molar-refractivity contribution in [2.75, 3.05) is 5.73 Å². The van der Waals surface area contributed by atoms with Crippen LogP contribution >= 0.6 is 0 Å². The van der Waals surface area contributed by atoms with E-state index in [0.29, 0.717) is 11.5 Å². The summed E-state index contributed by atoms with van der Waals surface area (Å²) in [6, 6.07) is 10.2. The fraction of sp³-hybridized carbons (Fsp3) is 0.350. The molecule has 1 aromatic rings. The lowest BCUT2D eigenvalue weighted by Crippen LogP contribution is -2.10. The van der Waals surface area contributed by atoms with Crippen LogP contribution in [0.4, 0.5) is 5.69 Å². The van der Waals surface area contributed by atoms with Crippen molar-refractivity contribution in [3.8, 4) is 6.07 Å². The first-order valence-electron chi connectivity index (χ1n) is 7.97. The van der Waals surface area contributed by atoms with Gasteiger partial charge in [-0.1, -0.05) is 56.2 Å². The van der Waals surface area contributed by atoms with Crippen molar-refractivity contribution in [1.82, 2.24) is 0 Å². The fourth-order valence-electron chi connectivity index (χ4n) is 3.22. The van der Waals surface area contributed by atoms with E-state index >= 15 is 0 Å². The molecule has 1 saturated carbocycles. The van der Waals surface area contributed by atoms with Gasteiger partial charge in [0.05, 0.1) is 11.6 Å². The van der Waals surface area contributed by atoms with Gasteiger partial charge in [-0.15, -0.1) is 0 Å². The summed E-state index contributed by atoms with van der Waals surface area (Å²) in [5.74, 6) is 0.460. The van der Waals surface area contributed by atoms with Crippen molar-refractivity contribution in [3.63, 3.8) is 0 Å². The first kappa shape index (κ1) is 16.1. The van der Waals surface area contributed by atoms with E-state index in [1.165, 1.54) is 19.3 Å². The van der Waals surface area contributed by atoms with Crippen LogP contribution < -0.4 is 5.73 Å². The van der Waals surface area contributed by atoms with Crippen molar-refractivity contribution in [2.45, 2.75) is 39.0 Å². The van der Waals surface area contributed by atoms with Crippen molar-refractivity contribution in [2.24, 2.45) is 5.92 Å². The van der Waals surface area contributed by atoms with Crippen LogP contribution in [0.15, 0.2) is 54.1 Å². The molecule has 0 aromatic heterocycles. The summed E-state index contributed by atoms with van der Waals surface area (Å²) in [7, 11) is 0. The molecule has 1 aliphatic rings.